The molecule has 0 spiro atoms. The molecule has 0 aromatic heterocycles. The molecule has 0 N–H and O–H groups in total. The van der Waals surface area contributed by atoms with Crippen LogP contribution in [0, 0.1) is 12.7 Å². The van der Waals surface area contributed by atoms with Crippen molar-refractivity contribution >= 4 is 5.57 Å². The van der Waals surface area contributed by atoms with Crippen LogP contribution in [0.25, 0.3) is 5.57 Å². The van der Waals surface area contributed by atoms with E-state index in [9.17, 15) is 4.39 Å². The topological polar surface area (TPSA) is 0 Å². The monoisotopic (exact) mass is 188 g/mol. The van der Waals surface area contributed by atoms with Crippen molar-refractivity contribution in [2.45, 2.75) is 20.3 Å². The molecule has 0 bridgehead atoms. The summed E-state index contributed by atoms with van der Waals surface area (Å²) in [5.41, 5.74) is 4.08. The van der Waals surface area contributed by atoms with Crippen LogP contribution in [-0.2, 0) is 0 Å². The summed E-state index contributed by atoms with van der Waals surface area (Å²) in [5, 5.41) is 0. The Morgan fingerprint density at radius 2 is 1.93 bits per heavy atom. The molecule has 0 radical (unpaired) electrons. The molecule has 0 saturated carbocycles. The molecule has 0 saturated heterocycles. The van der Waals surface area contributed by atoms with Gasteiger partial charge in [0.2, 0.25) is 0 Å². The first-order valence-corrected chi connectivity index (χ1v) is 4.79. The summed E-state index contributed by atoms with van der Waals surface area (Å²) >= 11 is 0. The molecule has 1 aromatic rings. The van der Waals surface area contributed by atoms with Gasteiger partial charge in [0.1, 0.15) is 5.82 Å². The first kappa shape index (κ1) is 9.20. The molecule has 0 unspecified atom stereocenters. The van der Waals surface area contributed by atoms with Crippen LogP contribution in [0.5, 0.6) is 0 Å². The van der Waals surface area contributed by atoms with E-state index in [2.05, 4.69) is 13.0 Å². The van der Waals surface area contributed by atoms with Crippen molar-refractivity contribution in [1.82, 2.24) is 0 Å². The molecule has 1 aromatic carbocycles. The molecule has 0 heterocycles. The van der Waals surface area contributed by atoms with Gasteiger partial charge in [-0.3, -0.25) is 0 Å². The second-order valence-corrected chi connectivity index (χ2v) is 3.87. The molecule has 14 heavy (non-hydrogen) atoms. The lowest BCUT2D eigenvalue weighted by molar-refractivity contribution is 0.622. The Labute approximate surface area is 83.8 Å². The summed E-state index contributed by atoms with van der Waals surface area (Å²) in [7, 11) is 0. The summed E-state index contributed by atoms with van der Waals surface area (Å²) in [6.45, 7) is 3.97. The highest BCUT2D eigenvalue weighted by atomic mass is 19.1. The van der Waals surface area contributed by atoms with Crippen molar-refractivity contribution in [1.29, 1.82) is 0 Å². The standard InChI is InChI=1S/C13H13F/c1-9-3-5-11(7-9)12-6-4-10(2)8-13(12)14/h3-6,8H,7H2,1-2H3. The van der Waals surface area contributed by atoms with Crippen molar-refractivity contribution in [2.24, 2.45) is 0 Å². The lowest BCUT2D eigenvalue weighted by Crippen LogP contribution is -1.89. The predicted molar refractivity (Wildman–Crippen MR) is 57.5 cm³/mol. The maximum Gasteiger partial charge on any atom is 0.130 e. The largest absolute Gasteiger partial charge is 0.206 e. The second kappa shape index (κ2) is 3.41. The molecule has 0 atom stereocenters. The zero-order chi connectivity index (χ0) is 10.1. The zero-order valence-corrected chi connectivity index (χ0v) is 8.47. The van der Waals surface area contributed by atoms with E-state index >= 15 is 0 Å². The van der Waals surface area contributed by atoms with Crippen LogP contribution >= 0.6 is 0 Å². The van der Waals surface area contributed by atoms with Gasteiger partial charge >= 0.3 is 0 Å². The number of halogens is 1. The summed E-state index contributed by atoms with van der Waals surface area (Å²) in [5.74, 6) is -0.112. The highest BCUT2D eigenvalue weighted by Crippen LogP contribution is 2.29. The van der Waals surface area contributed by atoms with Gasteiger partial charge in [-0.1, -0.05) is 29.9 Å². The van der Waals surface area contributed by atoms with E-state index in [4.69, 9.17) is 0 Å². The Hall–Kier alpha value is -1.37. The van der Waals surface area contributed by atoms with Crippen molar-refractivity contribution in [2.75, 3.05) is 0 Å². The van der Waals surface area contributed by atoms with Crippen LogP contribution in [0.2, 0.25) is 0 Å². The van der Waals surface area contributed by atoms with Gasteiger partial charge in [0.15, 0.2) is 0 Å². The summed E-state index contributed by atoms with van der Waals surface area (Å²) < 4.78 is 13.6. The molecule has 1 aliphatic rings. The summed E-state index contributed by atoms with van der Waals surface area (Å²) in [6, 6.07) is 5.40. The quantitative estimate of drug-likeness (QED) is 0.627. The fourth-order valence-electron chi connectivity index (χ4n) is 1.73. The summed E-state index contributed by atoms with van der Waals surface area (Å²) in [4.78, 5) is 0. The van der Waals surface area contributed by atoms with Gasteiger partial charge in [-0.2, -0.15) is 0 Å². The van der Waals surface area contributed by atoms with E-state index < -0.39 is 0 Å². The van der Waals surface area contributed by atoms with Crippen molar-refractivity contribution in [3.05, 3.63) is 52.9 Å². The zero-order valence-electron chi connectivity index (χ0n) is 8.47. The number of aryl methyl sites for hydroxylation is 1. The Morgan fingerprint density at radius 1 is 1.14 bits per heavy atom. The van der Waals surface area contributed by atoms with Crippen molar-refractivity contribution < 1.29 is 4.39 Å². The molecule has 0 aliphatic heterocycles. The molecular weight excluding hydrogens is 175 g/mol. The van der Waals surface area contributed by atoms with Gasteiger partial charge < -0.3 is 0 Å². The minimum atomic E-state index is -0.112. The third-order valence-corrected chi connectivity index (χ3v) is 2.51. The average Bonchev–Trinajstić information content (AvgIpc) is 2.51. The van der Waals surface area contributed by atoms with Crippen LogP contribution < -0.4 is 0 Å². The van der Waals surface area contributed by atoms with Crippen LogP contribution in [0.3, 0.4) is 0 Å². The minimum Gasteiger partial charge on any atom is -0.206 e. The smallest absolute Gasteiger partial charge is 0.130 e. The maximum atomic E-state index is 13.6. The molecule has 0 nitrogen and oxygen atoms in total. The summed E-state index contributed by atoms with van der Waals surface area (Å²) in [6.07, 6.45) is 4.93. The van der Waals surface area contributed by atoms with Gasteiger partial charge in [0, 0.05) is 5.56 Å². The minimum absolute atomic E-state index is 0.112. The predicted octanol–water partition coefficient (Wildman–Crippen LogP) is 3.87. The maximum absolute atomic E-state index is 13.6. The molecule has 72 valence electrons. The number of allylic oxidation sites excluding steroid dienone is 4. The molecule has 1 aliphatic carbocycles. The van der Waals surface area contributed by atoms with Gasteiger partial charge in [-0.05, 0) is 37.5 Å². The average molecular weight is 188 g/mol. The fraction of sp³-hybridized carbons (Fsp3) is 0.231. The Balaban J connectivity index is 2.35. The van der Waals surface area contributed by atoms with E-state index in [1.165, 1.54) is 5.57 Å². The van der Waals surface area contributed by atoms with E-state index in [-0.39, 0.29) is 5.82 Å². The van der Waals surface area contributed by atoms with Gasteiger partial charge in [0.25, 0.3) is 0 Å². The van der Waals surface area contributed by atoms with Gasteiger partial charge in [0.05, 0.1) is 0 Å². The molecular formula is C13H13F. The van der Waals surface area contributed by atoms with Crippen molar-refractivity contribution in [3.63, 3.8) is 0 Å². The number of hydrogen-bond donors (Lipinski definition) is 0. The lowest BCUT2D eigenvalue weighted by atomic mass is 10.0. The van der Waals surface area contributed by atoms with Crippen LogP contribution in [0.1, 0.15) is 24.5 Å². The highest BCUT2D eigenvalue weighted by molar-refractivity contribution is 5.72. The lowest BCUT2D eigenvalue weighted by Gasteiger charge is -2.05. The van der Waals surface area contributed by atoms with Crippen molar-refractivity contribution in [3.8, 4) is 0 Å². The normalized spacial score (nSPS) is 15.4. The Morgan fingerprint density at radius 3 is 2.50 bits per heavy atom. The van der Waals surface area contributed by atoms with E-state index in [1.54, 1.807) is 6.07 Å². The third kappa shape index (κ3) is 1.63. The molecule has 2 rings (SSSR count). The molecule has 0 amide bonds. The number of benzene rings is 1. The second-order valence-electron chi connectivity index (χ2n) is 3.87. The van der Waals surface area contributed by atoms with E-state index in [0.717, 1.165) is 23.1 Å². The van der Waals surface area contributed by atoms with E-state index in [0.29, 0.717) is 0 Å². The first-order valence-electron chi connectivity index (χ1n) is 4.79. The third-order valence-electron chi connectivity index (χ3n) is 2.51. The van der Waals surface area contributed by atoms with E-state index in [1.807, 2.05) is 25.1 Å². The van der Waals surface area contributed by atoms with Crippen LogP contribution in [-0.4, -0.2) is 0 Å². The first-order chi connectivity index (χ1) is 6.66. The molecule has 0 fully saturated rings. The number of rotatable bonds is 1. The van der Waals surface area contributed by atoms with Crippen LogP contribution in [0.4, 0.5) is 4.39 Å². The van der Waals surface area contributed by atoms with Gasteiger partial charge in [-0.25, -0.2) is 4.39 Å². The SMILES string of the molecule is CC1=CC=C(c2ccc(C)cc2F)C1. The highest BCUT2D eigenvalue weighted by Gasteiger charge is 2.11. The van der Waals surface area contributed by atoms with Gasteiger partial charge in [-0.15, -0.1) is 0 Å². The molecule has 1 heteroatoms. The van der Waals surface area contributed by atoms with Crippen LogP contribution in [0.15, 0.2) is 35.9 Å². The Kier molecular flexibility index (Phi) is 2.24. The fourth-order valence-corrected chi connectivity index (χ4v) is 1.73. The number of hydrogen-bond acceptors (Lipinski definition) is 0. The Bertz CT molecular complexity index is 425.